The molecule has 6 heteroatoms. The highest BCUT2D eigenvalue weighted by Gasteiger charge is 2.14. The first-order valence-electron chi connectivity index (χ1n) is 9.59. The molecule has 0 aliphatic carbocycles. The average molecular weight is 389 g/mol. The zero-order valence-corrected chi connectivity index (χ0v) is 16.7. The lowest BCUT2D eigenvalue weighted by molar-refractivity contribution is 0.122. The Balaban J connectivity index is 1.52. The van der Waals surface area contributed by atoms with Crippen LogP contribution in [0.1, 0.15) is 24.5 Å². The highest BCUT2D eigenvalue weighted by molar-refractivity contribution is 7.89. The predicted octanol–water partition coefficient (Wildman–Crippen LogP) is 3.00. The van der Waals surface area contributed by atoms with Gasteiger partial charge in [-0.25, -0.2) is 13.1 Å². The second-order valence-corrected chi connectivity index (χ2v) is 8.57. The number of sulfonamides is 1. The SMILES string of the molecule is CCCc1ccc(S(=O)(=O)NCCc2ccc(N3CCOCC3)cc2)cc1. The van der Waals surface area contributed by atoms with Crippen LogP contribution in [0, 0.1) is 0 Å². The van der Waals surface area contributed by atoms with Crippen LogP contribution in [-0.2, 0) is 27.6 Å². The van der Waals surface area contributed by atoms with Gasteiger partial charge in [0.25, 0.3) is 0 Å². The molecule has 27 heavy (non-hydrogen) atoms. The molecule has 2 aromatic rings. The second kappa shape index (κ2) is 9.35. The van der Waals surface area contributed by atoms with Crippen molar-refractivity contribution in [1.82, 2.24) is 4.72 Å². The Morgan fingerprint density at radius 2 is 1.52 bits per heavy atom. The lowest BCUT2D eigenvalue weighted by atomic mass is 10.1. The van der Waals surface area contributed by atoms with Gasteiger partial charge in [-0.3, -0.25) is 0 Å². The van der Waals surface area contributed by atoms with Crippen LogP contribution in [0.25, 0.3) is 0 Å². The average Bonchev–Trinajstić information content (AvgIpc) is 2.70. The summed E-state index contributed by atoms with van der Waals surface area (Å²) in [7, 11) is -3.46. The van der Waals surface area contributed by atoms with Crippen LogP contribution in [0.2, 0.25) is 0 Å². The highest BCUT2D eigenvalue weighted by Crippen LogP contribution is 2.17. The summed E-state index contributed by atoms with van der Waals surface area (Å²) in [6, 6.07) is 15.5. The molecule has 5 nitrogen and oxygen atoms in total. The molecular weight excluding hydrogens is 360 g/mol. The molecule has 0 radical (unpaired) electrons. The molecule has 0 aromatic heterocycles. The van der Waals surface area contributed by atoms with E-state index in [1.54, 1.807) is 12.1 Å². The summed E-state index contributed by atoms with van der Waals surface area (Å²) in [5.74, 6) is 0. The topological polar surface area (TPSA) is 58.6 Å². The molecular formula is C21H28N2O3S. The number of ether oxygens (including phenoxy) is 1. The molecule has 3 rings (SSSR count). The molecule has 1 aliphatic rings. The van der Waals surface area contributed by atoms with E-state index in [4.69, 9.17) is 4.74 Å². The summed E-state index contributed by atoms with van der Waals surface area (Å²) < 4.78 is 32.9. The van der Waals surface area contributed by atoms with Gasteiger partial charge >= 0.3 is 0 Å². The summed E-state index contributed by atoms with van der Waals surface area (Å²) in [4.78, 5) is 2.63. The van der Waals surface area contributed by atoms with Gasteiger partial charge in [0.15, 0.2) is 0 Å². The van der Waals surface area contributed by atoms with Crippen LogP contribution in [0.5, 0.6) is 0 Å². The van der Waals surface area contributed by atoms with Crippen LogP contribution in [-0.4, -0.2) is 41.3 Å². The normalized spacial score (nSPS) is 15.1. The van der Waals surface area contributed by atoms with Crippen LogP contribution < -0.4 is 9.62 Å². The molecule has 0 bridgehead atoms. The standard InChI is InChI=1S/C21H28N2O3S/c1-2-3-18-6-10-21(11-7-18)27(24,25)22-13-12-19-4-8-20(9-5-19)23-14-16-26-17-15-23/h4-11,22H,2-3,12-17H2,1H3. The van der Waals surface area contributed by atoms with Crippen LogP contribution in [0.3, 0.4) is 0 Å². The number of rotatable bonds is 8. The van der Waals surface area contributed by atoms with E-state index in [2.05, 4.69) is 40.8 Å². The summed E-state index contributed by atoms with van der Waals surface area (Å²) in [5, 5.41) is 0. The van der Waals surface area contributed by atoms with E-state index in [-0.39, 0.29) is 0 Å². The molecule has 1 aliphatic heterocycles. The van der Waals surface area contributed by atoms with Crippen molar-refractivity contribution in [3.05, 3.63) is 59.7 Å². The molecule has 0 saturated carbocycles. The van der Waals surface area contributed by atoms with Crippen molar-refractivity contribution < 1.29 is 13.2 Å². The molecule has 1 fully saturated rings. The quantitative estimate of drug-likeness (QED) is 0.755. The minimum atomic E-state index is -3.46. The van der Waals surface area contributed by atoms with E-state index in [0.29, 0.717) is 17.9 Å². The van der Waals surface area contributed by atoms with Gasteiger partial charge in [0.05, 0.1) is 18.1 Å². The third-order valence-corrected chi connectivity index (χ3v) is 6.27. The van der Waals surface area contributed by atoms with Gasteiger partial charge in [0.2, 0.25) is 10.0 Å². The summed E-state index contributed by atoms with van der Waals surface area (Å²) in [5.41, 5.74) is 3.47. The van der Waals surface area contributed by atoms with Crippen molar-refractivity contribution in [3.63, 3.8) is 0 Å². The molecule has 2 aromatic carbocycles. The third-order valence-electron chi connectivity index (χ3n) is 4.79. The lowest BCUT2D eigenvalue weighted by Gasteiger charge is -2.28. The Kier molecular flexibility index (Phi) is 6.88. The molecule has 146 valence electrons. The molecule has 1 heterocycles. The Morgan fingerprint density at radius 3 is 2.15 bits per heavy atom. The van der Waals surface area contributed by atoms with Gasteiger partial charge in [-0.05, 0) is 48.2 Å². The van der Waals surface area contributed by atoms with Crippen molar-refractivity contribution >= 4 is 15.7 Å². The van der Waals surface area contributed by atoms with Crippen LogP contribution >= 0.6 is 0 Å². The van der Waals surface area contributed by atoms with Crippen LogP contribution in [0.4, 0.5) is 5.69 Å². The van der Waals surface area contributed by atoms with Crippen molar-refractivity contribution in [2.24, 2.45) is 0 Å². The number of anilines is 1. The van der Waals surface area contributed by atoms with E-state index >= 15 is 0 Å². The zero-order valence-electron chi connectivity index (χ0n) is 15.9. The number of hydrogen-bond donors (Lipinski definition) is 1. The highest BCUT2D eigenvalue weighted by atomic mass is 32.2. The smallest absolute Gasteiger partial charge is 0.240 e. The lowest BCUT2D eigenvalue weighted by Crippen LogP contribution is -2.36. The van der Waals surface area contributed by atoms with Gasteiger partial charge < -0.3 is 9.64 Å². The van der Waals surface area contributed by atoms with E-state index < -0.39 is 10.0 Å². The van der Waals surface area contributed by atoms with E-state index in [9.17, 15) is 8.42 Å². The van der Waals surface area contributed by atoms with Crippen molar-refractivity contribution in [2.75, 3.05) is 37.7 Å². The largest absolute Gasteiger partial charge is 0.378 e. The molecule has 0 amide bonds. The summed E-state index contributed by atoms with van der Waals surface area (Å²) in [6.45, 7) is 5.86. The minimum Gasteiger partial charge on any atom is -0.378 e. The first-order valence-corrected chi connectivity index (χ1v) is 11.1. The monoisotopic (exact) mass is 388 g/mol. The number of nitrogens with one attached hydrogen (secondary N) is 1. The maximum atomic E-state index is 12.4. The minimum absolute atomic E-state index is 0.324. The Labute approximate surface area is 162 Å². The first-order chi connectivity index (χ1) is 13.1. The van der Waals surface area contributed by atoms with Crippen molar-refractivity contribution in [2.45, 2.75) is 31.1 Å². The molecule has 0 atom stereocenters. The Bertz CT molecular complexity index is 812. The van der Waals surface area contributed by atoms with Gasteiger partial charge in [-0.2, -0.15) is 0 Å². The van der Waals surface area contributed by atoms with E-state index in [0.717, 1.165) is 50.3 Å². The number of hydrogen-bond acceptors (Lipinski definition) is 4. The maximum Gasteiger partial charge on any atom is 0.240 e. The number of benzene rings is 2. The molecule has 1 N–H and O–H groups in total. The zero-order chi connectivity index (χ0) is 19.1. The van der Waals surface area contributed by atoms with E-state index in [1.165, 1.54) is 5.69 Å². The van der Waals surface area contributed by atoms with Crippen LogP contribution in [0.15, 0.2) is 53.4 Å². The van der Waals surface area contributed by atoms with Gasteiger partial charge in [0, 0.05) is 25.3 Å². The number of aryl methyl sites for hydroxylation is 1. The van der Waals surface area contributed by atoms with Gasteiger partial charge in [0.1, 0.15) is 0 Å². The summed E-state index contributed by atoms with van der Waals surface area (Å²) in [6.07, 6.45) is 2.68. The fourth-order valence-electron chi connectivity index (χ4n) is 3.23. The molecule has 1 saturated heterocycles. The fraction of sp³-hybridized carbons (Fsp3) is 0.429. The van der Waals surface area contributed by atoms with Gasteiger partial charge in [-0.1, -0.05) is 37.6 Å². The molecule has 0 unspecified atom stereocenters. The Hall–Kier alpha value is -1.89. The number of morpholine rings is 1. The number of nitrogens with zero attached hydrogens (tertiary/aromatic N) is 1. The van der Waals surface area contributed by atoms with Crippen molar-refractivity contribution in [1.29, 1.82) is 0 Å². The Morgan fingerprint density at radius 1 is 0.926 bits per heavy atom. The second-order valence-electron chi connectivity index (χ2n) is 6.81. The molecule has 0 spiro atoms. The third kappa shape index (κ3) is 5.54. The summed E-state index contributed by atoms with van der Waals surface area (Å²) >= 11 is 0. The van der Waals surface area contributed by atoms with E-state index in [1.807, 2.05) is 12.1 Å². The maximum absolute atomic E-state index is 12.4. The predicted molar refractivity (Wildman–Crippen MR) is 109 cm³/mol. The fourth-order valence-corrected chi connectivity index (χ4v) is 4.26. The van der Waals surface area contributed by atoms with Gasteiger partial charge in [-0.15, -0.1) is 0 Å². The van der Waals surface area contributed by atoms with Crippen molar-refractivity contribution in [3.8, 4) is 0 Å². The first kappa shape index (κ1) is 19.9.